The van der Waals surface area contributed by atoms with Gasteiger partial charge in [0.05, 0.1) is 15.7 Å². The molecule has 1 heterocycles. The first-order valence-electron chi connectivity index (χ1n) is 5.54. The summed E-state index contributed by atoms with van der Waals surface area (Å²) >= 11 is 15.2. The van der Waals surface area contributed by atoms with Gasteiger partial charge in [0.1, 0.15) is 0 Å². The van der Waals surface area contributed by atoms with E-state index in [2.05, 4.69) is 26.0 Å². The number of benzene rings is 1. The van der Waals surface area contributed by atoms with Gasteiger partial charge in [0, 0.05) is 30.7 Å². The predicted molar refractivity (Wildman–Crippen MR) is 81.1 cm³/mol. The highest BCUT2D eigenvalue weighted by molar-refractivity contribution is 9.10. The Morgan fingerprint density at radius 3 is 2.47 bits per heavy atom. The molecule has 1 aliphatic rings. The number of hydrogen-bond donors (Lipinski definition) is 2. The average molecular weight is 389 g/mol. The number of halogens is 3. The fraction of sp³-hybridized carbons (Fsp3) is 0.400. The van der Waals surface area contributed by atoms with Crippen molar-refractivity contribution in [2.24, 2.45) is 0 Å². The lowest BCUT2D eigenvalue weighted by Gasteiger charge is -2.27. The summed E-state index contributed by atoms with van der Waals surface area (Å²) in [5.74, 6) is 0. The first-order valence-corrected chi connectivity index (χ1v) is 8.53. The van der Waals surface area contributed by atoms with Crippen LogP contribution in [0.3, 0.4) is 0 Å². The smallest absolute Gasteiger partial charge is 0.301 e. The highest BCUT2D eigenvalue weighted by Crippen LogP contribution is 2.36. The second-order valence-electron chi connectivity index (χ2n) is 3.98. The maximum Gasteiger partial charge on any atom is 0.301 e. The predicted octanol–water partition coefficient (Wildman–Crippen LogP) is 2.32. The van der Waals surface area contributed by atoms with Gasteiger partial charge >= 0.3 is 10.2 Å². The van der Waals surface area contributed by atoms with Crippen LogP contribution in [0.25, 0.3) is 0 Å². The molecule has 0 aromatic heterocycles. The Labute approximate surface area is 130 Å². The van der Waals surface area contributed by atoms with Crippen molar-refractivity contribution in [3.63, 3.8) is 0 Å². The van der Waals surface area contributed by atoms with E-state index in [1.807, 2.05) is 0 Å². The van der Waals surface area contributed by atoms with E-state index in [1.54, 1.807) is 12.1 Å². The Kier molecular flexibility index (Phi) is 4.97. The molecule has 0 unspecified atom stereocenters. The van der Waals surface area contributed by atoms with E-state index in [4.69, 9.17) is 23.2 Å². The van der Waals surface area contributed by atoms with Crippen LogP contribution in [0.15, 0.2) is 16.6 Å². The molecule has 0 saturated carbocycles. The summed E-state index contributed by atoms with van der Waals surface area (Å²) in [5.41, 5.74) is 0.272. The molecule has 9 heteroatoms. The van der Waals surface area contributed by atoms with Gasteiger partial charge in [0.25, 0.3) is 0 Å². The molecular formula is C10H12BrCl2N3O2S. The van der Waals surface area contributed by atoms with Crippen LogP contribution in [0.2, 0.25) is 10.0 Å². The van der Waals surface area contributed by atoms with E-state index in [1.165, 1.54) is 4.31 Å². The number of hydrogen-bond acceptors (Lipinski definition) is 3. The third kappa shape index (κ3) is 3.53. The van der Waals surface area contributed by atoms with Crippen molar-refractivity contribution in [2.75, 3.05) is 30.9 Å². The maximum absolute atomic E-state index is 12.2. The second-order valence-corrected chi connectivity index (χ2v) is 7.26. The van der Waals surface area contributed by atoms with E-state index in [9.17, 15) is 8.42 Å². The minimum Gasteiger partial charge on any atom is -0.314 e. The molecule has 19 heavy (non-hydrogen) atoms. The second kappa shape index (κ2) is 6.15. The monoisotopic (exact) mass is 387 g/mol. The number of piperazine rings is 1. The van der Waals surface area contributed by atoms with Crippen molar-refractivity contribution in [1.29, 1.82) is 0 Å². The maximum atomic E-state index is 12.2. The molecule has 0 radical (unpaired) electrons. The van der Waals surface area contributed by atoms with E-state index in [0.717, 1.165) is 0 Å². The first kappa shape index (κ1) is 15.3. The molecule has 1 aromatic carbocycles. The molecule has 1 saturated heterocycles. The van der Waals surface area contributed by atoms with Crippen LogP contribution in [0.5, 0.6) is 0 Å². The van der Waals surface area contributed by atoms with Gasteiger partial charge in [-0.3, -0.25) is 4.72 Å². The zero-order chi connectivity index (χ0) is 14.0. The number of rotatable bonds is 3. The van der Waals surface area contributed by atoms with Crippen LogP contribution < -0.4 is 10.0 Å². The quantitative estimate of drug-likeness (QED) is 0.781. The van der Waals surface area contributed by atoms with Crippen molar-refractivity contribution < 1.29 is 8.42 Å². The zero-order valence-electron chi connectivity index (χ0n) is 9.79. The SMILES string of the molecule is O=S(=O)(Nc1ccc(Br)c(Cl)c1Cl)N1CCNCC1. The van der Waals surface area contributed by atoms with E-state index >= 15 is 0 Å². The summed E-state index contributed by atoms with van der Waals surface area (Å²) in [6.45, 7) is 2.12. The van der Waals surface area contributed by atoms with Crippen LogP contribution in [0, 0.1) is 0 Å². The molecule has 106 valence electrons. The van der Waals surface area contributed by atoms with Crippen LogP contribution >= 0.6 is 39.1 Å². The molecule has 1 fully saturated rings. The summed E-state index contributed by atoms with van der Waals surface area (Å²) in [6.07, 6.45) is 0. The van der Waals surface area contributed by atoms with Gasteiger partial charge in [-0.15, -0.1) is 0 Å². The summed E-state index contributed by atoms with van der Waals surface area (Å²) < 4.78 is 28.8. The lowest BCUT2D eigenvalue weighted by atomic mass is 10.3. The molecule has 5 nitrogen and oxygen atoms in total. The third-order valence-electron chi connectivity index (χ3n) is 2.69. The Bertz CT molecular complexity index is 576. The van der Waals surface area contributed by atoms with Gasteiger partial charge in [-0.25, -0.2) is 0 Å². The molecule has 0 spiro atoms. The number of nitrogens with zero attached hydrogens (tertiary/aromatic N) is 1. The Morgan fingerprint density at radius 1 is 1.21 bits per heavy atom. The lowest BCUT2D eigenvalue weighted by molar-refractivity contribution is 0.362. The molecule has 0 bridgehead atoms. The van der Waals surface area contributed by atoms with Gasteiger partial charge in [-0.1, -0.05) is 23.2 Å². The van der Waals surface area contributed by atoms with E-state index in [-0.39, 0.29) is 15.7 Å². The largest absolute Gasteiger partial charge is 0.314 e. The van der Waals surface area contributed by atoms with E-state index in [0.29, 0.717) is 30.7 Å². The van der Waals surface area contributed by atoms with Gasteiger partial charge in [0.15, 0.2) is 0 Å². The van der Waals surface area contributed by atoms with Crippen LogP contribution in [0.4, 0.5) is 5.69 Å². The van der Waals surface area contributed by atoms with Gasteiger partial charge < -0.3 is 5.32 Å². The summed E-state index contributed by atoms with van der Waals surface area (Å²) in [7, 11) is -3.60. The molecule has 1 aliphatic heterocycles. The minimum atomic E-state index is -3.60. The highest BCUT2D eigenvalue weighted by Gasteiger charge is 2.24. The average Bonchev–Trinajstić information content (AvgIpc) is 2.40. The Hall–Kier alpha value is -0.0500. The third-order valence-corrected chi connectivity index (χ3v) is 5.98. The standard InChI is InChI=1S/C10H12BrCl2N3O2S/c11-7-1-2-8(10(13)9(7)12)15-19(17,18)16-5-3-14-4-6-16/h1-2,14-15H,3-6H2. The van der Waals surface area contributed by atoms with Crippen LogP contribution in [0.1, 0.15) is 0 Å². The van der Waals surface area contributed by atoms with Crippen LogP contribution in [-0.4, -0.2) is 38.9 Å². The van der Waals surface area contributed by atoms with Crippen molar-refractivity contribution in [3.8, 4) is 0 Å². The molecule has 2 rings (SSSR count). The van der Waals surface area contributed by atoms with Crippen molar-refractivity contribution in [2.45, 2.75) is 0 Å². The molecule has 0 amide bonds. The van der Waals surface area contributed by atoms with Crippen LogP contribution in [-0.2, 0) is 10.2 Å². The van der Waals surface area contributed by atoms with Gasteiger partial charge in [0.2, 0.25) is 0 Å². The van der Waals surface area contributed by atoms with Crippen molar-refractivity contribution in [1.82, 2.24) is 9.62 Å². The molecule has 0 aliphatic carbocycles. The molecular weight excluding hydrogens is 377 g/mol. The van der Waals surface area contributed by atoms with Crippen molar-refractivity contribution in [3.05, 3.63) is 26.7 Å². The zero-order valence-corrected chi connectivity index (χ0v) is 13.7. The lowest BCUT2D eigenvalue weighted by Crippen LogP contribution is -2.48. The number of nitrogens with one attached hydrogen (secondary N) is 2. The van der Waals surface area contributed by atoms with Crippen molar-refractivity contribution >= 4 is 55.0 Å². The normalized spacial score (nSPS) is 17.4. The topological polar surface area (TPSA) is 61.4 Å². The Balaban J connectivity index is 2.23. The van der Waals surface area contributed by atoms with Gasteiger partial charge in [-0.2, -0.15) is 12.7 Å². The molecule has 2 N–H and O–H groups in total. The summed E-state index contributed by atoms with van der Waals surface area (Å²) in [4.78, 5) is 0. The fourth-order valence-electron chi connectivity index (χ4n) is 1.69. The molecule has 1 aromatic rings. The molecule has 0 atom stereocenters. The first-order chi connectivity index (χ1) is 8.92. The minimum absolute atomic E-state index is 0.176. The van der Waals surface area contributed by atoms with Gasteiger partial charge in [-0.05, 0) is 28.1 Å². The highest BCUT2D eigenvalue weighted by atomic mass is 79.9. The van der Waals surface area contributed by atoms with E-state index < -0.39 is 10.2 Å². The fourth-order valence-corrected chi connectivity index (χ4v) is 3.81. The summed E-state index contributed by atoms with van der Waals surface area (Å²) in [5, 5.41) is 3.55. The Morgan fingerprint density at radius 2 is 1.84 bits per heavy atom. The summed E-state index contributed by atoms with van der Waals surface area (Å²) in [6, 6.07) is 3.21. The number of anilines is 1.